The third-order valence-electron chi connectivity index (χ3n) is 7.66. The van der Waals surface area contributed by atoms with Crippen LogP contribution in [0.2, 0.25) is 0 Å². The molecule has 0 radical (unpaired) electrons. The number of carbonyl (C=O) groups excluding carboxylic acids is 2. The maximum Gasteiger partial charge on any atom is 0.317 e. The number of aliphatic imine (C=N–C) groups is 1. The zero-order chi connectivity index (χ0) is 26.4. The Kier molecular flexibility index (Phi) is 8.45. The number of piperidine rings is 2. The normalized spacial score (nSPS) is 23.2. The number of esters is 1. The summed E-state index contributed by atoms with van der Waals surface area (Å²) in [4.78, 5) is 37.7. The Bertz CT molecular complexity index is 1160. The number of benzene rings is 1. The summed E-state index contributed by atoms with van der Waals surface area (Å²) in [5.74, 6) is 1.17. The molecule has 3 aliphatic heterocycles. The summed E-state index contributed by atoms with van der Waals surface area (Å²) >= 11 is 0. The molecule has 0 bridgehead atoms. The van der Waals surface area contributed by atoms with Crippen LogP contribution in [0.3, 0.4) is 0 Å². The van der Waals surface area contributed by atoms with Crippen LogP contribution >= 0.6 is 0 Å². The van der Waals surface area contributed by atoms with Crippen molar-refractivity contribution in [3.63, 3.8) is 0 Å². The fourth-order valence-corrected chi connectivity index (χ4v) is 5.83. The van der Waals surface area contributed by atoms with E-state index in [-0.39, 0.29) is 11.7 Å². The van der Waals surface area contributed by atoms with Crippen LogP contribution in [0.4, 0.5) is 5.69 Å². The highest BCUT2D eigenvalue weighted by molar-refractivity contribution is 5.89. The molecule has 0 unspecified atom stereocenters. The van der Waals surface area contributed by atoms with Gasteiger partial charge in [0.05, 0.1) is 18.7 Å². The number of aryl methyl sites for hydroxylation is 1. The third kappa shape index (κ3) is 5.46. The van der Waals surface area contributed by atoms with Gasteiger partial charge in [0.15, 0.2) is 0 Å². The Morgan fingerprint density at radius 3 is 2.38 bits per heavy atom. The SMILES string of the molecule is COC(=O)[C@H]1C(=C=O)N(C(=NC#N)N2CCCCC2)CC[C@@H]1N1CCN(c2ccc(C#N)cc2C)CC1. The van der Waals surface area contributed by atoms with Crippen molar-refractivity contribution in [1.29, 1.82) is 10.5 Å². The van der Waals surface area contributed by atoms with E-state index in [4.69, 9.17) is 10.00 Å². The van der Waals surface area contributed by atoms with Crippen LogP contribution in [-0.2, 0) is 14.3 Å². The summed E-state index contributed by atoms with van der Waals surface area (Å²) in [6.45, 7) is 6.94. The second-order valence-electron chi connectivity index (χ2n) is 9.69. The Morgan fingerprint density at radius 1 is 1.05 bits per heavy atom. The van der Waals surface area contributed by atoms with E-state index in [1.165, 1.54) is 7.11 Å². The quantitative estimate of drug-likeness (QED) is 0.200. The average Bonchev–Trinajstić information content (AvgIpc) is 2.95. The van der Waals surface area contributed by atoms with E-state index in [1.807, 2.05) is 42.2 Å². The minimum absolute atomic E-state index is 0.188. The van der Waals surface area contributed by atoms with Gasteiger partial charge in [-0.25, -0.2) is 4.79 Å². The van der Waals surface area contributed by atoms with Gasteiger partial charge in [0.1, 0.15) is 17.6 Å². The number of piperazine rings is 1. The van der Waals surface area contributed by atoms with Crippen molar-refractivity contribution in [1.82, 2.24) is 14.7 Å². The van der Waals surface area contributed by atoms with E-state index in [0.717, 1.165) is 69.8 Å². The highest BCUT2D eigenvalue weighted by Gasteiger charge is 2.45. The molecule has 0 aromatic heterocycles. The van der Waals surface area contributed by atoms with Crippen molar-refractivity contribution in [3.05, 3.63) is 35.0 Å². The first-order valence-corrected chi connectivity index (χ1v) is 12.8. The lowest BCUT2D eigenvalue weighted by Crippen LogP contribution is -2.60. The Labute approximate surface area is 218 Å². The summed E-state index contributed by atoms with van der Waals surface area (Å²) < 4.78 is 5.16. The molecule has 4 rings (SSSR count). The number of nitrogens with zero attached hydrogens (tertiary/aromatic N) is 7. The average molecular weight is 504 g/mol. The Hall–Kier alpha value is -3.85. The second-order valence-corrected chi connectivity index (χ2v) is 9.69. The van der Waals surface area contributed by atoms with Crippen molar-refractivity contribution >= 4 is 23.6 Å². The van der Waals surface area contributed by atoms with E-state index in [9.17, 15) is 14.9 Å². The number of guanidine groups is 1. The summed E-state index contributed by atoms with van der Waals surface area (Å²) in [6, 6.07) is 7.69. The topological polar surface area (TPSA) is 116 Å². The van der Waals surface area contributed by atoms with E-state index in [1.54, 1.807) is 4.90 Å². The standard InChI is InChI=1S/C27H33N7O3/c1-20-16-21(17-28)6-7-22(20)31-12-14-32(15-13-31)23-8-11-34(24(18-35)25(23)26(36)37-2)27(30-19-29)33-9-4-3-5-10-33/h6-7,16,23,25H,3-5,8-15H2,1-2H3/t23-,25+/m0/s1. The van der Waals surface area contributed by atoms with Crippen LogP contribution in [0, 0.1) is 35.6 Å². The van der Waals surface area contributed by atoms with Crippen molar-refractivity contribution in [2.24, 2.45) is 10.9 Å². The molecule has 3 aliphatic rings. The van der Waals surface area contributed by atoms with E-state index in [2.05, 4.69) is 20.9 Å². The number of carbonyl (C=O) groups is 1. The summed E-state index contributed by atoms with van der Waals surface area (Å²) in [6.07, 6.45) is 5.61. The number of anilines is 1. The molecule has 0 N–H and O–H groups in total. The maximum atomic E-state index is 13.1. The Morgan fingerprint density at radius 2 is 1.78 bits per heavy atom. The van der Waals surface area contributed by atoms with Crippen LogP contribution in [-0.4, -0.2) is 91.5 Å². The molecule has 10 nitrogen and oxygen atoms in total. The summed E-state index contributed by atoms with van der Waals surface area (Å²) in [5, 5.41) is 18.5. The number of hydrogen-bond donors (Lipinski definition) is 0. The lowest BCUT2D eigenvalue weighted by molar-refractivity contribution is -0.147. The molecule has 2 atom stereocenters. The van der Waals surface area contributed by atoms with E-state index < -0.39 is 11.9 Å². The minimum atomic E-state index is -0.812. The molecule has 3 heterocycles. The molecule has 3 saturated heterocycles. The van der Waals surface area contributed by atoms with Crippen molar-refractivity contribution in [2.75, 3.05) is 57.8 Å². The number of rotatable bonds is 3. The molecular weight excluding hydrogens is 470 g/mol. The van der Waals surface area contributed by atoms with Gasteiger partial charge in [0, 0.05) is 57.5 Å². The first-order chi connectivity index (χ1) is 18.0. The lowest BCUT2D eigenvalue weighted by Gasteiger charge is -2.47. The smallest absolute Gasteiger partial charge is 0.317 e. The van der Waals surface area contributed by atoms with E-state index >= 15 is 0 Å². The molecule has 10 heteroatoms. The van der Waals surface area contributed by atoms with Crippen LogP contribution in [0.25, 0.3) is 0 Å². The van der Waals surface area contributed by atoms with Gasteiger partial charge in [-0.05, 0) is 56.4 Å². The molecule has 0 spiro atoms. The highest BCUT2D eigenvalue weighted by Crippen LogP contribution is 2.33. The van der Waals surface area contributed by atoms with E-state index in [0.29, 0.717) is 24.5 Å². The van der Waals surface area contributed by atoms with Gasteiger partial charge >= 0.3 is 5.97 Å². The number of methoxy groups -OCH3 is 1. The third-order valence-corrected chi connectivity index (χ3v) is 7.66. The largest absolute Gasteiger partial charge is 0.468 e. The van der Waals surface area contributed by atoms with Crippen LogP contribution < -0.4 is 4.90 Å². The molecule has 3 fully saturated rings. The number of hydrogen-bond acceptors (Lipinski definition) is 8. The highest BCUT2D eigenvalue weighted by atomic mass is 16.5. The number of ether oxygens (including phenoxy) is 1. The minimum Gasteiger partial charge on any atom is -0.468 e. The van der Waals surface area contributed by atoms with Gasteiger partial charge in [-0.15, -0.1) is 4.99 Å². The van der Waals surface area contributed by atoms with Gasteiger partial charge in [-0.2, -0.15) is 10.5 Å². The van der Waals surface area contributed by atoms with Crippen LogP contribution in [0.15, 0.2) is 28.9 Å². The predicted molar refractivity (Wildman–Crippen MR) is 138 cm³/mol. The first kappa shape index (κ1) is 26.2. The fourth-order valence-electron chi connectivity index (χ4n) is 5.83. The molecule has 0 saturated carbocycles. The van der Waals surface area contributed by atoms with Crippen LogP contribution in [0.1, 0.15) is 36.8 Å². The zero-order valence-corrected chi connectivity index (χ0v) is 21.5. The summed E-state index contributed by atoms with van der Waals surface area (Å²) in [7, 11) is 1.33. The molecule has 1 aromatic carbocycles. The molecule has 194 valence electrons. The van der Waals surface area contributed by atoms with Gasteiger partial charge < -0.3 is 19.4 Å². The first-order valence-electron chi connectivity index (χ1n) is 12.8. The monoisotopic (exact) mass is 503 g/mol. The van der Waals surface area contributed by atoms with Gasteiger partial charge in [-0.3, -0.25) is 9.69 Å². The molecule has 0 aliphatic carbocycles. The lowest BCUT2D eigenvalue weighted by atomic mass is 9.87. The van der Waals surface area contributed by atoms with Crippen LogP contribution in [0.5, 0.6) is 0 Å². The number of likely N-dealkylation sites (tertiary alicyclic amines) is 2. The second kappa shape index (κ2) is 11.9. The van der Waals surface area contributed by atoms with Gasteiger partial charge in [-0.1, -0.05) is 0 Å². The van der Waals surface area contributed by atoms with Crippen molar-refractivity contribution < 1.29 is 14.3 Å². The maximum absolute atomic E-state index is 13.1. The zero-order valence-electron chi connectivity index (χ0n) is 21.5. The molecule has 0 amide bonds. The molecule has 37 heavy (non-hydrogen) atoms. The molecule has 1 aromatic rings. The Balaban J connectivity index is 1.53. The molecular formula is C27H33N7O3. The number of nitriles is 2. The fraction of sp³-hybridized carbons (Fsp3) is 0.556. The van der Waals surface area contributed by atoms with Crippen molar-refractivity contribution in [3.8, 4) is 12.3 Å². The van der Waals surface area contributed by atoms with Gasteiger partial charge in [0.2, 0.25) is 12.2 Å². The summed E-state index contributed by atoms with van der Waals surface area (Å²) in [5.41, 5.74) is 2.99. The van der Waals surface area contributed by atoms with Crippen molar-refractivity contribution in [2.45, 2.75) is 38.6 Å². The predicted octanol–water partition coefficient (Wildman–Crippen LogP) is 1.89. The van der Waals surface area contributed by atoms with Gasteiger partial charge in [0.25, 0.3) is 0 Å².